The third kappa shape index (κ3) is 9.72. The summed E-state index contributed by atoms with van der Waals surface area (Å²) in [6, 6.07) is 10.2. The van der Waals surface area contributed by atoms with Gasteiger partial charge in [-0.3, -0.25) is 4.79 Å². The summed E-state index contributed by atoms with van der Waals surface area (Å²) >= 11 is 0. The van der Waals surface area contributed by atoms with Gasteiger partial charge in [0.15, 0.2) is 0 Å². The zero-order valence-electron chi connectivity index (χ0n) is 10.7. The van der Waals surface area contributed by atoms with Crippen LogP contribution < -0.4 is 11.5 Å². The second-order valence-corrected chi connectivity index (χ2v) is 3.85. The van der Waals surface area contributed by atoms with Crippen LogP contribution in [0.3, 0.4) is 0 Å². The van der Waals surface area contributed by atoms with Gasteiger partial charge in [0.1, 0.15) is 5.78 Å². The number of carbonyl (C=O) groups excluding carboxylic acids is 1. The van der Waals surface area contributed by atoms with Gasteiger partial charge in [-0.05, 0) is 18.4 Å². The molecule has 0 radical (unpaired) electrons. The number of carbonyl (C=O) groups is 1. The van der Waals surface area contributed by atoms with E-state index in [4.69, 9.17) is 11.5 Å². The first-order chi connectivity index (χ1) is 8.24. The van der Waals surface area contributed by atoms with Crippen LogP contribution in [-0.2, 0) is 11.2 Å². The topological polar surface area (TPSA) is 69.1 Å². The highest BCUT2D eigenvalue weighted by atomic mass is 16.1. The summed E-state index contributed by atoms with van der Waals surface area (Å²) in [6.45, 7) is 3.24. The van der Waals surface area contributed by atoms with E-state index >= 15 is 0 Å². The Morgan fingerprint density at radius 1 is 1.06 bits per heavy atom. The molecule has 0 amide bonds. The van der Waals surface area contributed by atoms with Gasteiger partial charge in [0.05, 0.1) is 0 Å². The Hall–Kier alpha value is -1.19. The van der Waals surface area contributed by atoms with Crippen molar-refractivity contribution in [2.75, 3.05) is 13.1 Å². The minimum Gasteiger partial charge on any atom is -0.329 e. The van der Waals surface area contributed by atoms with E-state index in [1.165, 1.54) is 5.56 Å². The number of Topliss-reactive ketones (excluding diaryl/α,β-unsaturated/α-hetero) is 1. The van der Waals surface area contributed by atoms with Crippen molar-refractivity contribution < 1.29 is 4.79 Å². The van der Waals surface area contributed by atoms with Gasteiger partial charge in [-0.15, -0.1) is 0 Å². The molecule has 0 heterocycles. The molecule has 1 rings (SSSR count). The largest absolute Gasteiger partial charge is 0.329 e. The number of hydrogen-bond donors (Lipinski definition) is 2. The van der Waals surface area contributed by atoms with Crippen LogP contribution >= 0.6 is 0 Å². The van der Waals surface area contributed by atoms with E-state index < -0.39 is 0 Å². The first-order valence-corrected chi connectivity index (χ1v) is 6.20. The zero-order valence-corrected chi connectivity index (χ0v) is 10.7. The van der Waals surface area contributed by atoms with Crippen LogP contribution in [0.5, 0.6) is 0 Å². The Bertz CT molecular complexity index is 284. The summed E-state index contributed by atoms with van der Waals surface area (Å²) in [5.41, 5.74) is 11.1. The molecule has 0 aliphatic rings. The van der Waals surface area contributed by atoms with Crippen molar-refractivity contribution in [1.29, 1.82) is 0 Å². The zero-order chi connectivity index (χ0) is 12.9. The fourth-order valence-corrected chi connectivity index (χ4v) is 1.33. The van der Waals surface area contributed by atoms with Crippen LogP contribution in [-0.4, -0.2) is 18.9 Å². The van der Waals surface area contributed by atoms with Crippen molar-refractivity contribution in [3.8, 4) is 0 Å². The maximum Gasteiger partial charge on any atom is 0.133 e. The number of aryl methyl sites for hydroxylation is 1. The van der Waals surface area contributed by atoms with Gasteiger partial charge in [0.25, 0.3) is 0 Å². The SMILES string of the molecule is CCCC(=O)CCc1ccccc1.NCCN. The Labute approximate surface area is 104 Å². The summed E-state index contributed by atoms with van der Waals surface area (Å²) in [5.74, 6) is 0.381. The lowest BCUT2D eigenvalue weighted by molar-refractivity contribution is -0.119. The van der Waals surface area contributed by atoms with Gasteiger partial charge >= 0.3 is 0 Å². The Balaban J connectivity index is 0.000000557. The highest BCUT2D eigenvalue weighted by molar-refractivity contribution is 5.78. The molecule has 0 bridgehead atoms. The van der Waals surface area contributed by atoms with Crippen LogP contribution in [0.2, 0.25) is 0 Å². The molecule has 17 heavy (non-hydrogen) atoms. The highest BCUT2D eigenvalue weighted by Gasteiger charge is 2.00. The van der Waals surface area contributed by atoms with Crippen molar-refractivity contribution in [3.63, 3.8) is 0 Å². The fourth-order valence-electron chi connectivity index (χ4n) is 1.33. The molecule has 0 aliphatic carbocycles. The molecule has 3 heteroatoms. The molecule has 4 N–H and O–H groups in total. The van der Waals surface area contributed by atoms with Gasteiger partial charge < -0.3 is 11.5 Å². The van der Waals surface area contributed by atoms with Crippen LogP contribution in [0.25, 0.3) is 0 Å². The molecule has 0 aromatic heterocycles. The average molecular weight is 236 g/mol. The lowest BCUT2D eigenvalue weighted by Gasteiger charge is -1.99. The number of hydrogen-bond acceptors (Lipinski definition) is 3. The van der Waals surface area contributed by atoms with Gasteiger partial charge in [-0.1, -0.05) is 37.3 Å². The quantitative estimate of drug-likeness (QED) is 0.792. The molecule has 0 aliphatic heterocycles. The number of ketones is 1. The smallest absolute Gasteiger partial charge is 0.133 e. The Morgan fingerprint density at radius 2 is 1.65 bits per heavy atom. The molecule has 96 valence electrons. The van der Waals surface area contributed by atoms with E-state index in [1.807, 2.05) is 25.1 Å². The lowest BCUT2D eigenvalue weighted by atomic mass is 10.1. The highest BCUT2D eigenvalue weighted by Crippen LogP contribution is 2.04. The van der Waals surface area contributed by atoms with Crippen molar-refractivity contribution in [3.05, 3.63) is 35.9 Å². The standard InChI is InChI=1S/C12H16O.C2H8N2/c1-2-6-12(13)10-9-11-7-4-3-5-8-11;3-1-2-4/h3-5,7-8H,2,6,9-10H2,1H3;1-4H2. The molecule has 1 aromatic carbocycles. The average Bonchev–Trinajstić information content (AvgIpc) is 2.38. The molecule has 0 spiro atoms. The van der Waals surface area contributed by atoms with Crippen molar-refractivity contribution in [2.45, 2.75) is 32.6 Å². The second-order valence-electron chi connectivity index (χ2n) is 3.85. The van der Waals surface area contributed by atoms with Crippen LogP contribution in [0.4, 0.5) is 0 Å². The Kier molecular flexibility index (Phi) is 10.5. The van der Waals surface area contributed by atoms with Gasteiger partial charge in [-0.2, -0.15) is 0 Å². The molecule has 0 saturated carbocycles. The van der Waals surface area contributed by atoms with Gasteiger partial charge in [-0.25, -0.2) is 0 Å². The maximum atomic E-state index is 11.2. The van der Waals surface area contributed by atoms with E-state index in [0.29, 0.717) is 25.3 Å². The number of nitrogens with two attached hydrogens (primary N) is 2. The summed E-state index contributed by atoms with van der Waals surface area (Å²) < 4.78 is 0. The molecular formula is C14H24N2O. The molecule has 0 fully saturated rings. The monoisotopic (exact) mass is 236 g/mol. The molecule has 0 atom stereocenters. The van der Waals surface area contributed by atoms with Crippen LogP contribution in [0, 0.1) is 0 Å². The first kappa shape index (κ1) is 15.8. The molecule has 1 aromatic rings. The molecule has 3 nitrogen and oxygen atoms in total. The van der Waals surface area contributed by atoms with Gasteiger partial charge in [0.2, 0.25) is 0 Å². The van der Waals surface area contributed by atoms with E-state index in [1.54, 1.807) is 0 Å². The van der Waals surface area contributed by atoms with Crippen LogP contribution in [0.1, 0.15) is 31.7 Å². The molecule has 0 unspecified atom stereocenters. The number of rotatable bonds is 6. The van der Waals surface area contributed by atoms with Crippen molar-refractivity contribution in [1.82, 2.24) is 0 Å². The number of benzene rings is 1. The minimum absolute atomic E-state index is 0.381. The van der Waals surface area contributed by atoms with Gasteiger partial charge in [0, 0.05) is 25.9 Å². The van der Waals surface area contributed by atoms with Crippen molar-refractivity contribution in [2.24, 2.45) is 11.5 Å². The third-order valence-electron chi connectivity index (χ3n) is 2.23. The summed E-state index contributed by atoms with van der Waals surface area (Å²) in [6.07, 6.45) is 3.28. The van der Waals surface area contributed by atoms with E-state index in [9.17, 15) is 4.79 Å². The summed E-state index contributed by atoms with van der Waals surface area (Å²) in [5, 5.41) is 0. The van der Waals surface area contributed by atoms with E-state index in [2.05, 4.69) is 12.1 Å². The first-order valence-electron chi connectivity index (χ1n) is 6.20. The summed E-state index contributed by atoms with van der Waals surface area (Å²) in [7, 11) is 0. The third-order valence-corrected chi connectivity index (χ3v) is 2.23. The fraction of sp³-hybridized carbons (Fsp3) is 0.500. The van der Waals surface area contributed by atoms with E-state index in [0.717, 1.165) is 19.3 Å². The molecular weight excluding hydrogens is 212 g/mol. The predicted octanol–water partition coefficient (Wildman–Crippen LogP) is 1.89. The maximum absolute atomic E-state index is 11.2. The minimum atomic E-state index is 0.381. The lowest BCUT2D eigenvalue weighted by Crippen LogP contribution is -2.11. The van der Waals surface area contributed by atoms with Crippen molar-refractivity contribution >= 4 is 5.78 Å². The van der Waals surface area contributed by atoms with Crippen LogP contribution in [0.15, 0.2) is 30.3 Å². The molecule has 0 saturated heterocycles. The van der Waals surface area contributed by atoms with E-state index in [-0.39, 0.29) is 0 Å². The summed E-state index contributed by atoms with van der Waals surface area (Å²) in [4.78, 5) is 11.2. The predicted molar refractivity (Wildman–Crippen MR) is 72.8 cm³/mol. The second kappa shape index (κ2) is 11.3. The Morgan fingerprint density at radius 3 is 2.12 bits per heavy atom. The normalized spacial score (nSPS) is 9.35.